The maximum atomic E-state index is 11.2. The lowest BCUT2D eigenvalue weighted by Gasteiger charge is -2.35. The Hall–Kier alpha value is -2.60. The van der Waals surface area contributed by atoms with Crippen LogP contribution in [-0.4, -0.2) is 51.3 Å². The van der Waals surface area contributed by atoms with E-state index in [1.54, 1.807) is 12.4 Å². The Balaban J connectivity index is 1.53. The predicted octanol–water partition coefficient (Wildman–Crippen LogP) is 3.98. The molecule has 1 aliphatic heterocycles. The summed E-state index contributed by atoms with van der Waals surface area (Å²) >= 11 is 0. The van der Waals surface area contributed by atoms with Gasteiger partial charge in [-0.25, -0.2) is 9.97 Å². The third-order valence-electron chi connectivity index (χ3n) is 6.64. The van der Waals surface area contributed by atoms with E-state index in [-0.39, 0.29) is 17.4 Å². The molecule has 0 amide bonds. The number of rotatable bonds is 4. The Bertz CT molecular complexity index is 921. The average Bonchev–Trinajstić information content (AvgIpc) is 2.74. The van der Waals surface area contributed by atoms with Crippen LogP contribution in [0, 0.1) is 12.8 Å². The van der Waals surface area contributed by atoms with E-state index >= 15 is 0 Å². The molecule has 0 radical (unpaired) electrons. The number of aromatic hydroxyl groups is 2. The van der Waals surface area contributed by atoms with Crippen LogP contribution in [0.25, 0.3) is 0 Å². The van der Waals surface area contributed by atoms with Gasteiger partial charge in [-0.1, -0.05) is 18.6 Å². The molecule has 1 aromatic heterocycles. The number of benzene rings is 1. The Morgan fingerprint density at radius 3 is 2.47 bits per heavy atom. The summed E-state index contributed by atoms with van der Waals surface area (Å²) in [5, 5.41) is 21.9. The number of anilines is 1. The van der Waals surface area contributed by atoms with Crippen LogP contribution < -0.4 is 4.90 Å². The number of nitrogens with zero attached hydrogens (tertiary/aromatic N) is 4. The van der Waals surface area contributed by atoms with Crippen LogP contribution in [0.5, 0.6) is 11.5 Å². The maximum Gasteiger partial charge on any atom is 0.225 e. The zero-order valence-corrected chi connectivity index (χ0v) is 18.2. The maximum absolute atomic E-state index is 11.2. The summed E-state index contributed by atoms with van der Waals surface area (Å²) < 4.78 is 0. The molecule has 4 rings (SSSR count). The van der Waals surface area contributed by atoms with Crippen LogP contribution in [0.1, 0.15) is 49.3 Å². The van der Waals surface area contributed by atoms with Gasteiger partial charge in [-0.15, -0.1) is 0 Å². The van der Waals surface area contributed by atoms with Crippen LogP contribution in [-0.2, 0) is 6.54 Å². The average molecular weight is 409 g/mol. The number of aryl methyl sites for hydroxylation is 1. The van der Waals surface area contributed by atoms with Crippen molar-refractivity contribution in [3.63, 3.8) is 0 Å². The van der Waals surface area contributed by atoms with Gasteiger partial charge in [0.1, 0.15) is 11.5 Å². The molecule has 1 aromatic carbocycles. The zero-order valence-electron chi connectivity index (χ0n) is 18.2. The second-order valence-electron chi connectivity index (χ2n) is 8.82. The van der Waals surface area contributed by atoms with Gasteiger partial charge in [-0.2, -0.15) is 0 Å². The lowest BCUT2D eigenvalue weighted by atomic mass is 9.77. The Morgan fingerprint density at radius 1 is 1.07 bits per heavy atom. The van der Waals surface area contributed by atoms with E-state index in [4.69, 9.17) is 0 Å². The molecule has 2 N–H and O–H groups in total. The molecule has 2 atom stereocenters. The number of allylic oxidation sites excluding steroid dienone is 2. The minimum Gasteiger partial charge on any atom is -0.507 e. The van der Waals surface area contributed by atoms with Crippen molar-refractivity contribution in [2.24, 2.45) is 5.92 Å². The van der Waals surface area contributed by atoms with Gasteiger partial charge >= 0.3 is 0 Å². The molecule has 1 saturated heterocycles. The largest absolute Gasteiger partial charge is 0.507 e. The van der Waals surface area contributed by atoms with Crippen LogP contribution >= 0.6 is 0 Å². The molecule has 2 aromatic rings. The monoisotopic (exact) mass is 408 g/mol. The smallest absolute Gasteiger partial charge is 0.225 e. The molecule has 0 bridgehead atoms. The summed E-state index contributed by atoms with van der Waals surface area (Å²) in [6.45, 7) is 10.5. The van der Waals surface area contributed by atoms with Crippen molar-refractivity contribution in [3.8, 4) is 11.5 Å². The molecule has 1 aliphatic carbocycles. The van der Waals surface area contributed by atoms with E-state index in [1.165, 1.54) is 5.57 Å². The van der Waals surface area contributed by atoms with Gasteiger partial charge in [0, 0.05) is 62.2 Å². The molecule has 6 heteroatoms. The van der Waals surface area contributed by atoms with Gasteiger partial charge in [0.05, 0.1) is 0 Å². The lowest BCUT2D eigenvalue weighted by molar-refractivity contribution is 0.244. The Kier molecular flexibility index (Phi) is 5.95. The summed E-state index contributed by atoms with van der Waals surface area (Å²) in [7, 11) is 0. The van der Waals surface area contributed by atoms with Gasteiger partial charge in [-0.3, -0.25) is 4.90 Å². The van der Waals surface area contributed by atoms with E-state index in [0.717, 1.165) is 56.1 Å². The number of piperazine rings is 1. The summed E-state index contributed by atoms with van der Waals surface area (Å²) in [5.41, 5.74) is 3.89. The molecule has 6 nitrogen and oxygen atoms in total. The molecule has 30 heavy (non-hydrogen) atoms. The SMILES string of the molecule is CC1=CC(c2c(O)cc(C)c(CN3CCN(c4ncccn4)CC3)c2O)C(C)CC1. The quantitative estimate of drug-likeness (QED) is 0.746. The lowest BCUT2D eigenvalue weighted by Crippen LogP contribution is -2.46. The van der Waals surface area contributed by atoms with Gasteiger partial charge in [0.25, 0.3) is 0 Å². The van der Waals surface area contributed by atoms with Gasteiger partial charge < -0.3 is 15.1 Å². The summed E-state index contributed by atoms with van der Waals surface area (Å²) in [6, 6.07) is 3.65. The first-order valence-electron chi connectivity index (χ1n) is 10.9. The van der Waals surface area contributed by atoms with Gasteiger partial charge in [-0.05, 0) is 50.3 Å². The van der Waals surface area contributed by atoms with E-state index in [9.17, 15) is 10.2 Å². The van der Waals surface area contributed by atoms with Gasteiger partial charge in [0.2, 0.25) is 5.95 Å². The van der Waals surface area contributed by atoms with Crippen LogP contribution in [0.15, 0.2) is 36.2 Å². The summed E-state index contributed by atoms with van der Waals surface area (Å²) in [4.78, 5) is 13.2. The molecule has 0 saturated carbocycles. The molecular formula is C24H32N4O2. The fraction of sp³-hybridized carbons (Fsp3) is 0.500. The second kappa shape index (κ2) is 8.64. The first-order valence-corrected chi connectivity index (χ1v) is 10.9. The summed E-state index contributed by atoms with van der Waals surface area (Å²) in [6.07, 6.45) is 7.94. The van der Waals surface area contributed by atoms with Crippen molar-refractivity contribution in [1.29, 1.82) is 0 Å². The Morgan fingerprint density at radius 2 is 1.77 bits per heavy atom. The van der Waals surface area contributed by atoms with Crippen molar-refractivity contribution < 1.29 is 10.2 Å². The molecule has 160 valence electrons. The minimum atomic E-state index is 0.0603. The standard InChI is InChI=1S/C24H32N4O2/c1-16-5-6-17(2)19(13-16)22-21(29)14-18(3)20(23(22)30)15-27-9-11-28(12-10-27)24-25-7-4-8-26-24/h4,7-8,13-14,17,19,29-30H,5-6,9-12,15H2,1-3H3. The molecule has 0 spiro atoms. The highest BCUT2D eigenvalue weighted by Crippen LogP contribution is 2.46. The first-order chi connectivity index (χ1) is 14.4. The molecule has 2 heterocycles. The fourth-order valence-corrected chi connectivity index (χ4v) is 4.71. The van der Waals surface area contributed by atoms with Crippen molar-refractivity contribution >= 4 is 5.95 Å². The highest BCUT2D eigenvalue weighted by Gasteiger charge is 2.29. The molecular weight excluding hydrogens is 376 g/mol. The first kappa shape index (κ1) is 20.7. The van der Waals surface area contributed by atoms with E-state index in [2.05, 4.69) is 39.7 Å². The normalized spacial score (nSPS) is 22.8. The molecule has 2 aliphatic rings. The third-order valence-corrected chi connectivity index (χ3v) is 6.64. The fourth-order valence-electron chi connectivity index (χ4n) is 4.71. The van der Waals surface area contributed by atoms with Gasteiger partial charge in [0.15, 0.2) is 0 Å². The van der Waals surface area contributed by atoms with E-state index in [1.807, 2.05) is 19.1 Å². The zero-order chi connectivity index (χ0) is 21.3. The minimum absolute atomic E-state index is 0.0603. The van der Waals surface area contributed by atoms with Crippen molar-refractivity contribution in [2.75, 3.05) is 31.1 Å². The van der Waals surface area contributed by atoms with E-state index in [0.29, 0.717) is 18.0 Å². The van der Waals surface area contributed by atoms with E-state index < -0.39 is 0 Å². The topological polar surface area (TPSA) is 72.7 Å². The molecule has 1 fully saturated rings. The van der Waals surface area contributed by atoms with Crippen LogP contribution in [0.3, 0.4) is 0 Å². The number of hydrogen-bond donors (Lipinski definition) is 2. The Labute approximate surface area is 178 Å². The third kappa shape index (κ3) is 4.15. The van der Waals surface area contributed by atoms with Crippen molar-refractivity contribution in [1.82, 2.24) is 14.9 Å². The number of phenols is 2. The summed E-state index contributed by atoms with van der Waals surface area (Å²) in [5.74, 6) is 1.71. The highest BCUT2D eigenvalue weighted by atomic mass is 16.3. The number of hydrogen-bond acceptors (Lipinski definition) is 6. The number of aromatic nitrogens is 2. The van der Waals surface area contributed by atoms with Crippen molar-refractivity contribution in [3.05, 3.63) is 52.9 Å². The second-order valence-corrected chi connectivity index (χ2v) is 8.82. The van der Waals surface area contributed by atoms with Crippen molar-refractivity contribution in [2.45, 2.75) is 46.1 Å². The van der Waals surface area contributed by atoms with Crippen LogP contribution in [0.2, 0.25) is 0 Å². The predicted molar refractivity (Wildman–Crippen MR) is 119 cm³/mol. The highest BCUT2D eigenvalue weighted by molar-refractivity contribution is 5.56. The number of phenolic OH excluding ortho intramolecular Hbond substituents is 2. The molecule has 2 unspecified atom stereocenters. The van der Waals surface area contributed by atoms with Crippen LogP contribution in [0.4, 0.5) is 5.95 Å².